The third-order valence-corrected chi connectivity index (χ3v) is 4.38. The Morgan fingerprint density at radius 1 is 1.32 bits per heavy atom. The number of amides is 1. The van der Waals surface area contributed by atoms with E-state index in [1.165, 1.54) is 11.3 Å². The van der Waals surface area contributed by atoms with Crippen molar-refractivity contribution in [1.82, 2.24) is 5.32 Å². The first-order chi connectivity index (χ1) is 8.95. The molecule has 0 fully saturated rings. The molecule has 1 aliphatic rings. The Balaban J connectivity index is 2.10. The average Bonchev–Trinajstić information content (AvgIpc) is 2.72. The van der Waals surface area contributed by atoms with Gasteiger partial charge in [-0.05, 0) is 37.6 Å². The third-order valence-electron chi connectivity index (χ3n) is 3.08. The highest BCUT2D eigenvalue weighted by atomic mass is 35.5. The molecular weight excluding hydrogens is 282 g/mol. The van der Waals surface area contributed by atoms with Gasteiger partial charge in [-0.2, -0.15) is 0 Å². The van der Waals surface area contributed by atoms with Crippen LogP contribution in [0, 0.1) is 0 Å². The van der Waals surface area contributed by atoms with E-state index < -0.39 is 11.6 Å². The minimum absolute atomic E-state index is 0.406. The summed E-state index contributed by atoms with van der Waals surface area (Å²) in [7, 11) is 0. The van der Waals surface area contributed by atoms with Crippen molar-refractivity contribution in [2.45, 2.75) is 19.4 Å². The van der Waals surface area contributed by atoms with Crippen LogP contribution in [0.25, 0.3) is 10.4 Å². The summed E-state index contributed by atoms with van der Waals surface area (Å²) < 4.78 is 5.24. The van der Waals surface area contributed by atoms with Crippen molar-refractivity contribution in [3.05, 3.63) is 40.9 Å². The zero-order chi connectivity index (χ0) is 13.6. The molecule has 0 atom stereocenters. The molecule has 0 saturated carbocycles. The molecule has 0 saturated heterocycles. The van der Waals surface area contributed by atoms with Crippen LogP contribution in [-0.4, -0.2) is 6.09 Å². The van der Waals surface area contributed by atoms with Gasteiger partial charge in [-0.15, -0.1) is 0 Å². The van der Waals surface area contributed by atoms with Crippen LogP contribution in [0.15, 0.2) is 30.3 Å². The zero-order valence-electron chi connectivity index (χ0n) is 10.5. The van der Waals surface area contributed by atoms with Crippen molar-refractivity contribution < 1.29 is 9.53 Å². The Hall–Kier alpha value is -1.52. The molecule has 3 nitrogen and oxygen atoms in total. The van der Waals surface area contributed by atoms with Crippen molar-refractivity contribution >= 4 is 29.0 Å². The van der Waals surface area contributed by atoms with Crippen molar-refractivity contribution in [2.24, 2.45) is 0 Å². The Kier molecular flexibility index (Phi) is 2.80. The summed E-state index contributed by atoms with van der Waals surface area (Å²) in [5.74, 6) is 0. The molecule has 0 aliphatic carbocycles. The Labute approximate surface area is 120 Å². The van der Waals surface area contributed by atoms with Crippen LogP contribution >= 0.6 is 22.9 Å². The number of carbonyl (C=O) groups excluding carboxylic acids is 1. The smallest absolute Gasteiger partial charge is 0.399 e. The van der Waals surface area contributed by atoms with Crippen LogP contribution in [-0.2, 0) is 5.54 Å². The summed E-state index contributed by atoms with van der Waals surface area (Å²) in [6.07, 6.45) is -0.406. The van der Waals surface area contributed by atoms with Crippen LogP contribution in [0.3, 0.4) is 0 Å². The van der Waals surface area contributed by atoms with Crippen LogP contribution in [0.5, 0.6) is 5.06 Å². The molecule has 0 unspecified atom stereocenters. The molecular formula is C14H12ClNO2S. The topological polar surface area (TPSA) is 38.3 Å². The number of halogens is 1. The molecule has 0 bridgehead atoms. The predicted octanol–water partition coefficient (Wildman–Crippen LogP) is 4.41. The highest BCUT2D eigenvalue weighted by Crippen LogP contribution is 2.44. The van der Waals surface area contributed by atoms with Gasteiger partial charge in [0, 0.05) is 15.5 Å². The van der Waals surface area contributed by atoms with Crippen molar-refractivity contribution in [3.8, 4) is 15.5 Å². The lowest BCUT2D eigenvalue weighted by Gasteiger charge is -2.29. The normalized spacial score (nSPS) is 16.5. The summed E-state index contributed by atoms with van der Waals surface area (Å²) in [6, 6.07) is 9.69. The number of ether oxygens (including phenoxy) is 1. The van der Waals surface area contributed by atoms with E-state index in [4.69, 9.17) is 16.3 Å². The molecule has 5 heteroatoms. The molecule has 19 heavy (non-hydrogen) atoms. The number of thiophene rings is 1. The summed E-state index contributed by atoms with van der Waals surface area (Å²) in [6.45, 7) is 3.92. The SMILES string of the molecule is CC1(C)NC(=O)Oc2sc(-c3cccc(Cl)c3)cc21. The standard InChI is InChI=1S/C14H12ClNO2S/c1-14(2)10-7-11(8-4-3-5-9(15)6-8)19-12(10)18-13(17)16-14/h3-7H,1-2H3,(H,16,17). The fraction of sp³-hybridized carbons (Fsp3) is 0.214. The number of carbonyl (C=O) groups is 1. The average molecular weight is 294 g/mol. The lowest BCUT2D eigenvalue weighted by atomic mass is 9.95. The van der Waals surface area contributed by atoms with Gasteiger partial charge in [0.1, 0.15) is 0 Å². The van der Waals surface area contributed by atoms with E-state index in [2.05, 4.69) is 5.32 Å². The summed E-state index contributed by atoms with van der Waals surface area (Å²) in [5.41, 5.74) is 1.60. The van der Waals surface area contributed by atoms with Gasteiger partial charge in [0.25, 0.3) is 0 Å². The van der Waals surface area contributed by atoms with Gasteiger partial charge in [-0.3, -0.25) is 0 Å². The van der Waals surface area contributed by atoms with Crippen LogP contribution in [0.4, 0.5) is 4.79 Å². The maximum absolute atomic E-state index is 11.5. The van der Waals surface area contributed by atoms with Crippen molar-refractivity contribution in [3.63, 3.8) is 0 Å². The van der Waals surface area contributed by atoms with Gasteiger partial charge in [0.2, 0.25) is 0 Å². The van der Waals surface area contributed by atoms with E-state index in [0.29, 0.717) is 10.1 Å². The molecule has 0 radical (unpaired) electrons. The summed E-state index contributed by atoms with van der Waals surface area (Å²) in [5, 5.41) is 4.16. The van der Waals surface area contributed by atoms with E-state index in [0.717, 1.165) is 16.0 Å². The lowest BCUT2D eigenvalue weighted by molar-refractivity contribution is 0.179. The number of fused-ring (bicyclic) bond motifs is 1. The van der Waals surface area contributed by atoms with Gasteiger partial charge >= 0.3 is 6.09 Å². The fourth-order valence-corrected chi connectivity index (χ4v) is 3.45. The molecule has 1 N–H and O–H groups in total. The maximum Gasteiger partial charge on any atom is 0.414 e. The molecule has 2 heterocycles. The molecule has 0 spiro atoms. The van der Waals surface area contributed by atoms with Gasteiger partial charge in [-0.1, -0.05) is 35.1 Å². The van der Waals surface area contributed by atoms with Gasteiger partial charge < -0.3 is 10.1 Å². The first-order valence-electron chi connectivity index (χ1n) is 5.86. The monoisotopic (exact) mass is 293 g/mol. The van der Waals surface area contributed by atoms with Crippen molar-refractivity contribution in [1.29, 1.82) is 0 Å². The van der Waals surface area contributed by atoms with Crippen LogP contribution in [0.2, 0.25) is 5.02 Å². The molecule has 98 valence electrons. The minimum Gasteiger partial charge on any atom is -0.399 e. The molecule has 1 amide bonds. The fourth-order valence-electron chi connectivity index (χ4n) is 2.10. The second kappa shape index (κ2) is 4.25. The maximum atomic E-state index is 11.5. The highest BCUT2D eigenvalue weighted by Gasteiger charge is 2.34. The first kappa shape index (κ1) is 12.5. The quantitative estimate of drug-likeness (QED) is 0.846. The molecule has 2 aromatic rings. The number of hydrogen-bond donors (Lipinski definition) is 1. The van der Waals surface area contributed by atoms with Crippen LogP contribution < -0.4 is 10.1 Å². The predicted molar refractivity (Wildman–Crippen MR) is 77.0 cm³/mol. The molecule has 1 aliphatic heterocycles. The number of nitrogens with one attached hydrogen (secondary N) is 1. The van der Waals surface area contributed by atoms with E-state index in [-0.39, 0.29) is 0 Å². The van der Waals surface area contributed by atoms with E-state index in [9.17, 15) is 4.79 Å². The minimum atomic E-state index is -0.419. The number of rotatable bonds is 1. The Bertz CT molecular complexity index is 663. The van der Waals surface area contributed by atoms with Crippen LogP contribution in [0.1, 0.15) is 19.4 Å². The summed E-state index contributed by atoms with van der Waals surface area (Å²) in [4.78, 5) is 12.5. The second-order valence-corrected chi connectivity index (χ2v) is 6.41. The molecule has 1 aromatic carbocycles. The van der Waals surface area contributed by atoms with Gasteiger partial charge in [0.15, 0.2) is 5.06 Å². The molecule has 3 rings (SSSR count). The largest absolute Gasteiger partial charge is 0.414 e. The molecule has 1 aromatic heterocycles. The van der Waals surface area contributed by atoms with Gasteiger partial charge in [-0.25, -0.2) is 4.79 Å². The van der Waals surface area contributed by atoms with E-state index >= 15 is 0 Å². The highest BCUT2D eigenvalue weighted by molar-refractivity contribution is 7.17. The van der Waals surface area contributed by atoms with Gasteiger partial charge in [0.05, 0.1) is 5.54 Å². The first-order valence-corrected chi connectivity index (χ1v) is 7.05. The lowest BCUT2D eigenvalue weighted by Crippen LogP contribution is -2.45. The number of benzene rings is 1. The summed E-state index contributed by atoms with van der Waals surface area (Å²) >= 11 is 7.47. The second-order valence-electron chi connectivity index (χ2n) is 4.96. The third kappa shape index (κ3) is 2.22. The Morgan fingerprint density at radius 2 is 2.11 bits per heavy atom. The zero-order valence-corrected chi connectivity index (χ0v) is 12.1. The Morgan fingerprint density at radius 3 is 2.84 bits per heavy atom. The number of hydrogen-bond acceptors (Lipinski definition) is 3. The van der Waals surface area contributed by atoms with Crippen molar-refractivity contribution in [2.75, 3.05) is 0 Å². The van der Waals surface area contributed by atoms with E-state index in [1.807, 2.05) is 44.2 Å². The van der Waals surface area contributed by atoms with E-state index in [1.54, 1.807) is 0 Å².